The fourth-order valence-electron chi connectivity index (χ4n) is 6.30. The van der Waals surface area contributed by atoms with Gasteiger partial charge in [-0.1, -0.05) is 27.2 Å². The summed E-state index contributed by atoms with van der Waals surface area (Å²) in [6.07, 6.45) is 6.38. The Kier molecular flexibility index (Phi) is 4.42. The van der Waals surface area contributed by atoms with Gasteiger partial charge in [0.1, 0.15) is 0 Å². The molecule has 0 aliphatic heterocycles. The number of carbonyl (C=O) groups excluding carboxylic acids is 2. The minimum atomic E-state index is -0.923. The van der Waals surface area contributed by atoms with Gasteiger partial charge in [-0.2, -0.15) is 0 Å². The van der Waals surface area contributed by atoms with Crippen LogP contribution in [0.2, 0.25) is 0 Å². The highest BCUT2D eigenvalue weighted by Gasteiger charge is 2.63. The quantitative estimate of drug-likeness (QED) is 0.774. The summed E-state index contributed by atoms with van der Waals surface area (Å²) in [7, 11) is 1.46. The van der Waals surface area contributed by atoms with E-state index in [4.69, 9.17) is 4.74 Å². The molecule has 2 fully saturated rings. The molecule has 3 rings (SSSR count). The first-order valence-corrected chi connectivity index (χ1v) is 9.65. The second-order valence-electron chi connectivity index (χ2n) is 9.29. The van der Waals surface area contributed by atoms with Gasteiger partial charge >= 0.3 is 5.97 Å². The molecule has 0 amide bonds. The van der Waals surface area contributed by atoms with E-state index in [2.05, 4.69) is 6.92 Å². The van der Waals surface area contributed by atoms with Crippen molar-refractivity contribution in [1.82, 2.24) is 0 Å². The van der Waals surface area contributed by atoms with Crippen LogP contribution in [-0.4, -0.2) is 29.6 Å². The topological polar surface area (TPSA) is 63.6 Å². The molecule has 0 unspecified atom stereocenters. The summed E-state index contributed by atoms with van der Waals surface area (Å²) in [5.74, 6) is 0.187. The first-order chi connectivity index (χ1) is 11.6. The van der Waals surface area contributed by atoms with Crippen molar-refractivity contribution < 1.29 is 19.4 Å². The smallest absolute Gasteiger partial charge is 0.311 e. The van der Waals surface area contributed by atoms with Crippen molar-refractivity contribution in [3.05, 3.63) is 11.6 Å². The summed E-state index contributed by atoms with van der Waals surface area (Å²) in [6, 6.07) is 0. The van der Waals surface area contributed by atoms with Gasteiger partial charge in [0, 0.05) is 12.3 Å². The van der Waals surface area contributed by atoms with E-state index in [-0.39, 0.29) is 34.9 Å². The number of allylic oxidation sites excluding steroid dienone is 1. The lowest BCUT2D eigenvalue weighted by atomic mass is 9.43. The van der Waals surface area contributed by atoms with E-state index in [9.17, 15) is 14.7 Å². The molecule has 3 aliphatic carbocycles. The number of rotatable bonds is 2. The average molecular weight is 348 g/mol. The Morgan fingerprint density at radius 2 is 1.92 bits per heavy atom. The summed E-state index contributed by atoms with van der Waals surface area (Å²) in [5.41, 5.74) is -0.892. The highest BCUT2D eigenvalue weighted by molar-refractivity contribution is 5.97. The van der Waals surface area contributed by atoms with Crippen molar-refractivity contribution in [3.63, 3.8) is 0 Å². The number of fused-ring (bicyclic) bond motifs is 3. The fraction of sp³-hybridized carbons (Fsp3) is 0.810. The SMILES string of the molecule is COC(=O)[C@]1(C)CCC[C@@]2(C)[C@H]1CC[C@@]1(O)C=C(C(C)C)C(=O)C[C@H]21. The number of methoxy groups -OCH3 is 1. The largest absolute Gasteiger partial charge is 0.469 e. The molecule has 25 heavy (non-hydrogen) atoms. The van der Waals surface area contributed by atoms with Crippen molar-refractivity contribution in [2.75, 3.05) is 7.11 Å². The first-order valence-electron chi connectivity index (χ1n) is 9.65. The van der Waals surface area contributed by atoms with Crippen LogP contribution in [0.25, 0.3) is 0 Å². The Hall–Kier alpha value is -1.16. The molecule has 0 bridgehead atoms. The van der Waals surface area contributed by atoms with Gasteiger partial charge < -0.3 is 9.84 Å². The molecule has 0 spiro atoms. The molecule has 140 valence electrons. The van der Waals surface area contributed by atoms with Gasteiger partial charge in [0.2, 0.25) is 0 Å². The number of carbonyl (C=O) groups is 2. The Bertz CT molecular complexity index is 621. The van der Waals surface area contributed by atoms with Crippen LogP contribution >= 0.6 is 0 Å². The van der Waals surface area contributed by atoms with Crippen molar-refractivity contribution in [3.8, 4) is 0 Å². The summed E-state index contributed by atoms with van der Waals surface area (Å²) in [4.78, 5) is 25.3. The zero-order valence-corrected chi connectivity index (χ0v) is 16.2. The second kappa shape index (κ2) is 5.94. The van der Waals surface area contributed by atoms with Crippen LogP contribution in [0.3, 0.4) is 0 Å². The standard InChI is InChI=1S/C21H32O4/c1-13(2)14-12-21(24)10-7-16-19(3,17(21)11-15(14)22)8-6-9-20(16,4)18(23)25-5/h12-13,16-17,24H,6-11H2,1-5H3/t16-,17-,19+,20-,21-/m1/s1. The lowest BCUT2D eigenvalue weighted by molar-refractivity contribution is -0.189. The van der Waals surface area contributed by atoms with Crippen molar-refractivity contribution in [1.29, 1.82) is 0 Å². The minimum Gasteiger partial charge on any atom is -0.469 e. The fourth-order valence-corrected chi connectivity index (χ4v) is 6.30. The summed E-state index contributed by atoms with van der Waals surface area (Å²) < 4.78 is 5.14. The summed E-state index contributed by atoms with van der Waals surface area (Å²) >= 11 is 0. The second-order valence-corrected chi connectivity index (χ2v) is 9.29. The van der Waals surface area contributed by atoms with Gasteiger partial charge in [-0.3, -0.25) is 9.59 Å². The van der Waals surface area contributed by atoms with E-state index in [1.54, 1.807) is 0 Å². The maximum Gasteiger partial charge on any atom is 0.311 e. The first kappa shape index (κ1) is 18.6. The van der Waals surface area contributed by atoms with Gasteiger partial charge in [0.05, 0.1) is 18.1 Å². The van der Waals surface area contributed by atoms with Gasteiger partial charge in [0.25, 0.3) is 0 Å². The molecular weight excluding hydrogens is 316 g/mol. The predicted molar refractivity (Wildman–Crippen MR) is 95.8 cm³/mol. The molecule has 0 radical (unpaired) electrons. The summed E-state index contributed by atoms with van der Waals surface area (Å²) in [6.45, 7) is 8.23. The van der Waals surface area contributed by atoms with E-state index >= 15 is 0 Å². The molecule has 1 N–H and O–H groups in total. The zero-order chi connectivity index (χ0) is 18.6. The molecule has 0 saturated heterocycles. The Balaban J connectivity index is 2.04. The number of esters is 1. The van der Waals surface area contributed by atoms with E-state index < -0.39 is 11.0 Å². The van der Waals surface area contributed by atoms with Crippen LogP contribution < -0.4 is 0 Å². The van der Waals surface area contributed by atoms with Crippen molar-refractivity contribution in [2.24, 2.45) is 28.6 Å². The Morgan fingerprint density at radius 3 is 2.52 bits per heavy atom. The molecule has 0 aromatic rings. The lowest BCUT2D eigenvalue weighted by Gasteiger charge is -2.61. The number of hydrogen-bond donors (Lipinski definition) is 1. The monoisotopic (exact) mass is 348 g/mol. The van der Waals surface area contributed by atoms with Crippen LogP contribution in [0.1, 0.15) is 66.2 Å². The average Bonchev–Trinajstić information content (AvgIpc) is 2.54. The summed E-state index contributed by atoms with van der Waals surface area (Å²) in [5, 5.41) is 11.5. The zero-order valence-electron chi connectivity index (χ0n) is 16.2. The number of Topliss-reactive ketones (excluding diaryl/α,β-unsaturated/α-hetero) is 1. The van der Waals surface area contributed by atoms with Crippen LogP contribution in [0, 0.1) is 28.6 Å². The Morgan fingerprint density at radius 1 is 1.24 bits per heavy atom. The van der Waals surface area contributed by atoms with E-state index in [1.807, 2.05) is 26.8 Å². The number of ether oxygens (including phenoxy) is 1. The van der Waals surface area contributed by atoms with Gasteiger partial charge in [0.15, 0.2) is 5.78 Å². The molecule has 2 saturated carbocycles. The van der Waals surface area contributed by atoms with Gasteiger partial charge in [-0.15, -0.1) is 0 Å². The maximum absolute atomic E-state index is 12.7. The highest BCUT2D eigenvalue weighted by Crippen LogP contribution is 2.64. The number of hydrogen-bond acceptors (Lipinski definition) is 4. The van der Waals surface area contributed by atoms with Crippen LogP contribution in [0.15, 0.2) is 11.6 Å². The van der Waals surface area contributed by atoms with E-state index in [0.717, 1.165) is 31.3 Å². The van der Waals surface area contributed by atoms with Crippen molar-refractivity contribution in [2.45, 2.75) is 71.8 Å². The number of aliphatic hydroxyl groups is 1. The molecule has 0 aromatic heterocycles. The molecule has 0 aromatic carbocycles. The van der Waals surface area contributed by atoms with Gasteiger partial charge in [-0.05, 0) is 61.5 Å². The third-order valence-electron chi connectivity index (χ3n) is 7.60. The Labute approximate surface area is 151 Å². The van der Waals surface area contributed by atoms with Crippen LogP contribution in [0.4, 0.5) is 0 Å². The van der Waals surface area contributed by atoms with Crippen LogP contribution in [-0.2, 0) is 14.3 Å². The lowest BCUT2D eigenvalue weighted by Crippen LogP contribution is -2.61. The number of ketones is 1. The molecule has 0 heterocycles. The molecule has 5 atom stereocenters. The molecule has 4 heteroatoms. The van der Waals surface area contributed by atoms with E-state index in [0.29, 0.717) is 12.8 Å². The maximum atomic E-state index is 12.7. The molecular formula is C21H32O4. The minimum absolute atomic E-state index is 0.113. The van der Waals surface area contributed by atoms with Crippen molar-refractivity contribution >= 4 is 11.8 Å². The molecule has 3 aliphatic rings. The van der Waals surface area contributed by atoms with Gasteiger partial charge in [-0.25, -0.2) is 0 Å². The van der Waals surface area contributed by atoms with Crippen LogP contribution in [0.5, 0.6) is 0 Å². The third kappa shape index (κ3) is 2.59. The van der Waals surface area contributed by atoms with E-state index in [1.165, 1.54) is 7.11 Å². The highest BCUT2D eigenvalue weighted by atomic mass is 16.5. The third-order valence-corrected chi connectivity index (χ3v) is 7.60. The normalized spacial score (nSPS) is 44.0. The predicted octanol–water partition coefficient (Wildman–Crippen LogP) is 3.67. The molecule has 4 nitrogen and oxygen atoms in total.